The summed E-state index contributed by atoms with van der Waals surface area (Å²) >= 11 is 0. The van der Waals surface area contributed by atoms with Crippen LogP contribution in [0.3, 0.4) is 0 Å². The third kappa shape index (κ3) is 4.18. The maximum Gasteiger partial charge on any atom is 0.235 e. The minimum absolute atomic E-state index is 0.00223. The number of unbranched alkanes of at least 4 members (excludes halogenated alkanes) is 2. The summed E-state index contributed by atoms with van der Waals surface area (Å²) in [7, 11) is 0. The molecule has 1 fully saturated rings. The van der Waals surface area contributed by atoms with Crippen LogP contribution in [-0.2, 0) is 14.3 Å². The number of allylic oxidation sites excluding steroid dienone is 2. The molecule has 1 aromatic carbocycles. The number of nitrogens with zero attached hydrogens (tertiary/aromatic N) is 1. The minimum atomic E-state index is -0.677. The van der Waals surface area contributed by atoms with Gasteiger partial charge in [-0.3, -0.25) is 9.59 Å². The van der Waals surface area contributed by atoms with Crippen molar-refractivity contribution in [2.45, 2.75) is 91.1 Å². The van der Waals surface area contributed by atoms with E-state index in [4.69, 9.17) is 9.47 Å². The molecular weight excluding hydrogens is 418 g/mol. The van der Waals surface area contributed by atoms with Crippen LogP contribution in [0.25, 0.3) is 0 Å². The number of fused-ring (bicyclic) bond motifs is 2. The van der Waals surface area contributed by atoms with E-state index in [0.717, 1.165) is 42.4 Å². The Morgan fingerprint density at radius 3 is 2.76 bits per heavy atom. The van der Waals surface area contributed by atoms with Gasteiger partial charge in [0.2, 0.25) is 5.91 Å². The first-order chi connectivity index (χ1) is 15.8. The first-order valence-corrected chi connectivity index (χ1v) is 12.4. The second kappa shape index (κ2) is 9.49. The highest BCUT2D eigenvalue weighted by atomic mass is 16.5. The number of aromatic hydroxyl groups is 1. The number of hydrogen-bond donors (Lipinski definition) is 1. The van der Waals surface area contributed by atoms with Gasteiger partial charge in [0, 0.05) is 36.4 Å². The zero-order valence-electron chi connectivity index (χ0n) is 20.5. The number of amides is 1. The van der Waals surface area contributed by atoms with Crippen LogP contribution in [0, 0.1) is 18.8 Å². The van der Waals surface area contributed by atoms with Crippen molar-refractivity contribution in [3.63, 3.8) is 0 Å². The van der Waals surface area contributed by atoms with Crippen molar-refractivity contribution >= 4 is 11.7 Å². The fourth-order valence-electron chi connectivity index (χ4n) is 5.67. The number of carbonyl (C=O) groups excluding carboxylic acids is 2. The SMILES string of the molecule is CC=CCCCCC(=O)[C@H](C)C(=O)N1CC[C@@H]2[C@H]1Oc1cc(O)c(C)c3c1[C@@H]2O[C@H](C)[C@H]3C. The molecule has 4 rings (SSSR count). The van der Waals surface area contributed by atoms with E-state index in [2.05, 4.69) is 19.9 Å². The second-order valence-corrected chi connectivity index (χ2v) is 9.89. The maximum absolute atomic E-state index is 13.3. The van der Waals surface area contributed by atoms with Crippen molar-refractivity contribution in [2.75, 3.05) is 6.54 Å². The summed E-state index contributed by atoms with van der Waals surface area (Å²) in [6.45, 7) is 10.4. The number of rotatable bonds is 7. The molecular formula is C27H37NO5. The van der Waals surface area contributed by atoms with E-state index in [-0.39, 0.29) is 41.5 Å². The molecule has 0 spiro atoms. The number of ketones is 1. The Morgan fingerprint density at radius 1 is 1.27 bits per heavy atom. The van der Waals surface area contributed by atoms with E-state index < -0.39 is 12.1 Å². The molecule has 3 aliphatic rings. The van der Waals surface area contributed by atoms with Crippen LogP contribution in [0.15, 0.2) is 18.2 Å². The number of phenols is 1. The third-order valence-corrected chi connectivity index (χ3v) is 7.85. The van der Waals surface area contributed by atoms with Gasteiger partial charge in [0.15, 0.2) is 6.23 Å². The van der Waals surface area contributed by atoms with Crippen molar-refractivity contribution in [1.29, 1.82) is 0 Å². The lowest BCUT2D eigenvalue weighted by Gasteiger charge is -2.45. The van der Waals surface area contributed by atoms with Gasteiger partial charge >= 0.3 is 0 Å². The number of likely N-dealkylation sites (tertiary alicyclic amines) is 1. The van der Waals surface area contributed by atoms with Crippen molar-refractivity contribution in [3.05, 3.63) is 34.9 Å². The predicted octanol–water partition coefficient (Wildman–Crippen LogP) is 5.17. The molecule has 33 heavy (non-hydrogen) atoms. The van der Waals surface area contributed by atoms with E-state index in [0.29, 0.717) is 18.7 Å². The Bertz CT molecular complexity index is 954. The molecule has 1 saturated heterocycles. The highest BCUT2D eigenvalue weighted by Crippen LogP contribution is 2.55. The summed E-state index contributed by atoms with van der Waals surface area (Å²) in [5, 5.41) is 10.6. The predicted molar refractivity (Wildman–Crippen MR) is 126 cm³/mol. The van der Waals surface area contributed by atoms with Gasteiger partial charge in [-0.25, -0.2) is 0 Å². The number of Topliss-reactive ketones (excluding diaryl/α,β-unsaturated/α-hetero) is 1. The van der Waals surface area contributed by atoms with Crippen molar-refractivity contribution in [1.82, 2.24) is 4.90 Å². The van der Waals surface area contributed by atoms with E-state index in [1.165, 1.54) is 0 Å². The molecule has 0 saturated carbocycles. The first kappa shape index (κ1) is 23.8. The Hall–Kier alpha value is -2.34. The molecule has 0 unspecified atom stereocenters. The number of phenolic OH excluding ortho intramolecular Hbond substituents is 1. The smallest absolute Gasteiger partial charge is 0.235 e. The Labute approximate surface area is 196 Å². The molecule has 0 radical (unpaired) electrons. The molecule has 0 bridgehead atoms. The molecule has 180 valence electrons. The molecule has 0 aliphatic carbocycles. The van der Waals surface area contributed by atoms with Crippen molar-refractivity contribution < 1.29 is 24.2 Å². The van der Waals surface area contributed by atoms with Crippen LogP contribution in [0.2, 0.25) is 0 Å². The molecule has 6 atom stereocenters. The molecule has 1 aromatic rings. The van der Waals surface area contributed by atoms with Crippen LogP contribution < -0.4 is 4.74 Å². The summed E-state index contributed by atoms with van der Waals surface area (Å²) in [5.41, 5.74) is 3.01. The average Bonchev–Trinajstić information content (AvgIpc) is 3.21. The standard InChI is InChI=1S/C27H37NO5/c1-6-7-8-9-10-11-20(29)17(4)26(31)28-13-12-19-25-24-22(33-27(19)28)14-21(30)16(3)23(24)15(2)18(5)32-25/h6-7,14-15,17-19,25,27,30H,8-13H2,1-5H3/t15-,17+,18-,19+,25-,27-/m1/s1. The number of benzene rings is 1. The van der Waals surface area contributed by atoms with Gasteiger partial charge in [-0.1, -0.05) is 19.1 Å². The van der Waals surface area contributed by atoms with Crippen LogP contribution in [0.4, 0.5) is 0 Å². The van der Waals surface area contributed by atoms with Crippen LogP contribution >= 0.6 is 0 Å². The lowest BCUT2D eigenvalue weighted by atomic mass is 9.77. The Balaban J connectivity index is 1.53. The van der Waals surface area contributed by atoms with Gasteiger partial charge in [0.1, 0.15) is 17.3 Å². The van der Waals surface area contributed by atoms with Gasteiger partial charge in [0.25, 0.3) is 0 Å². The van der Waals surface area contributed by atoms with E-state index in [1.54, 1.807) is 17.9 Å². The van der Waals surface area contributed by atoms with Gasteiger partial charge in [0.05, 0.1) is 18.1 Å². The molecule has 0 aromatic heterocycles. The van der Waals surface area contributed by atoms with Gasteiger partial charge < -0.3 is 19.5 Å². The monoisotopic (exact) mass is 455 g/mol. The second-order valence-electron chi connectivity index (χ2n) is 9.89. The summed E-state index contributed by atoms with van der Waals surface area (Å²) in [4.78, 5) is 27.8. The van der Waals surface area contributed by atoms with Crippen molar-refractivity contribution in [3.8, 4) is 11.5 Å². The Kier molecular flexibility index (Phi) is 6.85. The third-order valence-electron chi connectivity index (χ3n) is 7.85. The molecule has 6 heteroatoms. The lowest BCUT2D eigenvalue weighted by molar-refractivity contribution is -0.152. The Morgan fingerprint density at radius 2 is 2.03 bits per heavy atom. The molecule has 1 amide bonds. The quantitative estimate of drug-likeness (QED) is 0.349. The summed E-state index contributed by atoms with van der Waals surface area (Å²) < 4.78 is 12.8. The van der Waals surface area contributed by atoms with Crippen LogP contribution in [0.1, 0.15) is 88.5 Å². The molecule has 3 heterocycles. The lowest BCUT2D eigenvalue weighted by Crippen LogP contribution is -2.49. The van der Waals surface area contributed by atoms with Crippen molar-refractivity contribution in [2.24, 2.45) is 11.8 Å². The summed E-state index contributed by atoms with van der Waals surface area (Å²) in [6, 6.07) is 1.66. The number of carbonyl (C=O) groups is 2. The number of ether oxygens (including phenoxy) is 2. The van der Waals surface area contributed by atoms with Gasteiger partial charge in [-0.05, 0) is 64.5 Å². The normalized spacial score (nSPS) is 28.9. The molecule has 6 nitrogen and oxygen atoms in total. The minimum Gasteiger partial charge on any atom is -0.508 e. The highest BCUT2D eigenvalue weighted by molar-refractivity contribution is 6.01. The zero-order valence-corrected chi connectivity index (χ0v) is 20.5. The summed E-state index contributed by atoms with van der Waals surface area (Å²) in [6.07, 6.45) is 7.37. The summed E-state index contributed by atoms with van der Waals surface area (Å²) in [5.74, 6) is 0.114. The zero-order chi connectivity index (χ0) is 23.9. The highest BCUT2D eigenvalue weighted by Gasteiger charge is 2.52. The molecule has 1 N–H and O–H groups in total. The van der Waals surface area contributed by atoms with E-state index >= 15 is 0 Å². The van der Waals surface area contributed by atoms with Gasteiger partial charge in [-0.2, -0.15) is 0 Å². The average molecular weight is 456 g/mol. The first-order valence-electron chi connectivity index (χ1n) is 12.4. The van der Waals surface area contributed by atoms with Gasteiger partial charge in [-0.15, -0.1) is 0 Å². The van der Waals surface area contributed by atoms with E-state index in [1.807, 2.05) is 19.9 Å². The maximum atomic E-state index is 13.3. The number of hydrogen-bond acceptors (Lipinski definition) is 5. The van der Waals surface area contributed by atoms with Crippen LogP contribution in [-0.4, -0.2) is 40.6 Å². The van der Waals surface area contributed by atoms with E-state index in [9.17, 15) is 14.7 Å². The topological polar surface area (TPSA) is 76.1 Å². The largest absolute Gasteiger partial charge is 0.508 e. The van der Waals surface area contributed by atoms with Crippen LogP contribution in [0.5, 0.6) is 11.5 Å². The molecule has 3 aliphatic heterocycles. The fraction of sp³-hybridized carbons (Fsp3) is 0.630. The fourth-order valence-corrected chi connectivity index (χ4v) is 5.67.